The normalized spacial score (nSPS) is 10.8. The lowest BCUT2D eigenvalue weighted by atomic mass is 10.1. The number of aromatic nitrogens is 1. The van der Waals surface area contributed by atoms with Crippen molar-refractivity contribution in [3.63, 3.8) is 0 Å². The number of nitrogens with one attached hydrogen (secondary N) is 1. The van der Waals surface area contributed by atoms with Crippen LogP contribution in [0.4, 0.5) is 0 Å². The molecule has 2 heterocycles. The van der Waals surface area contributed by atoms with Gasteiger partial charge in [0.25, 0.3) is 0 Å². The summed E-state index contributed by atoms with van der Waals surface area (Å²) in [5.74, 6) is -0.509. The molecule has 1 N–H and O–H groups in total. The standard InChI is InChI=1S/C17H15NO4/c1-21-17(20)7-6-15(19)14-8-11(9-18-14)13-10-22-16-5-3-2-4-12(13)16/h2-5,8-10,18H,6-7H2,1H3. The number of fused-ring (bicyclic) bond motifs is 1. The van der Waals surface area contributed by atoms with Crippen molar-refractivity contribution in [2.45, 2.75) is 12.8 Å². The summed E-state index contributed by atoms with van der Waals surface area (Å²) in [5, 5.41) is 0.995. The minimum atomic E-state index is -0.388. The third-order valence-electron chi connectivity index (χ3n) is 3.56. The number of ether oxygens (including phenoxy) is 1. The summed E-state index contributed by atoms with van der Waals surface area (Å²) in [5.41, 5.74) is 3.09. The maximum absolute atomic E-state index is 12.0. The monoisotopic (exact) mass is 297 g/mol. The summed E-state index contributed by atoms with van der Waals surface area (Å²) < 4.78 is 10.0. The Kier molecular flexibility index (Phi) is 3.78. The lowest BCUT2D eigenvalue weighted by molar-refractivity contribution is -0.140. The van der Waals surface area contributed by atoms with E-state index in [-0.39, 0.29) is 24.6 Å². The number of methoxy groups -OCH3 is 1. The number of ketones is 1. The smallest absolute Gasteiger partial charge is 0.305 e. The third kappa shape index (κ3) is 2.65. The molecule has 0 saturated carbocycles. The van der Waals surface area contributed by atoms with Crippen LogP contribution in [-0.2, 0) is 9.53 Å². The van der Waals surface area contributed by atoms with E-state index in [9.17, 15) is 9.59 Å². The molecule has 0 aliphatic rings. The highest BCUT2D eigenvalue weighted by atomic mass is 16.5. The van der Waals surface area contributed by atoms with Gasteiger partial charge in [0.1, 0.15) is 5.58 Å². The molecule has 0 spiro atoms. The van der Waals surface area contributed by atoms with Crippen LogP contribution in [-0.4, -0.2) is 23.8 Å². The summed E-state index contributed by atoms with van der Waals surface area (Å²) in [6.07, 6.45) is 3.65. The minimum Gasteiger partial charge on any atom is -0.469 e. The molecule has 0 radical (unpaired) electrons. The van der Waals surface area contributed by atoms with Gasteiger partial charge in [-0.05, 0) is 12.1 Å². The number of esters is 1. The SMILES string of the molecule is COC(=O)CCC(=O)c1cc(-c2coc3ccccc23)c[nH]1. The van der Waals surface area contributed by atoms with Crippen LogP contribution in [0.15, 0.2) is 47.2 Å². The number of aromatic amines is 1. The number of rotatable bonds is 5. The molecule has 5 heteroatoms. The molecular formula is C17H15NO4. The van der Waals surface area contributed by atoms with Crippen LogP contribution in [0.5, 0.6) is 0 Å². The Bertz CT molecular complexity index is 828. The summed E-state index contributed by atoms with van der Waals surface area (Å²) >= 11 is 0. The zero-order valence-corrected chi connectivity index (χ0v) is 12.1. The Balaban J connectivity index is 1.82. The summed E-state index contributed by atoms with van der Waals surface area (Å²) in [6.45, 7) is 0. The van der Waals surface area contributed by atoms with E-state index in [1.54, 1.807) is 18.5 Å². The van der Waals surface area contributed by atoms with E-state index in [1.807, 2.05) is 24.3 Å². The van der Waals surface area contributed by atoms with Gasteiger partial charge in [0, 0.05) is 29.1 Å². The Morgan fingerprint density at radius 1 is 1.23 bits per heavy atom. The van der Waals surface area contributed by atoms with Crippen molar-refractivity contribution in [2.75, 3.05) is 7.11 Å². The molecule has 2 aromatic heterocycles. The fraction of sp³-hybridized carbons (Fsp3) is 0.176. The van der Waals surface area contributed by atoms with Crippen LogP contribution in [0.2, 0.25) is 0 Å². The topological polar surface area (TPSA) is 72.3 Å². The van der Waals surface area contributed by atoms with E-state index in [0.717, 1.165) is 22.1 Å². The van der Waals surface area contributed by atoms with Gasteiger partial charge in [-0.1, -0.05) is 18.2 Å². The predicted octanol–water partition coefficient (Wildman–Crippen LogP) is 3.56. The van der Waals surface area contributed by atoms with Crippen molar-refractivity contribution >= 4 is 22.7 Å². The van der Waals surface area contributed by atoms with Gasteiger partial charge >= 0.3 is 5.97 Å². The highest BCUT2D eigenvalue weighted by Crippen LogP contribution is 2.30. The number of carbonyl (C=O) groups is 2. The van der Waals surface area contributed by atoms with Crippen LogP contribution < -0.4 is 0 Å². The molecule has 22 heavy (non-hydrogen) atoms. The Labute approximate surface area is 126 Å². The van der Waals surface area contributed by atoms with Crippen LogP contribution in [0, 0.1) is 0 Å². The predicted molar refractivity (Wildman–Crippen MR) is 81.6 cm³/mol. The molecule has 0 aliphatic carbocycles. The third-order valence-corrected chi connectivity index (χ3v) is 3.56. The van der Waals surface area contributed by atoms with E-state index < -0.39 is 0 Å². The number of furan rings is 1. The second kappa shape index (κ2) is 5.89. The number of hydrogen-bond donors (Lipinski definition) is 1. The van der Waals surface area contributed by atoms with E-state index in [4.69, 9.17) is 4.42 Å². The highest BCUT2D eigenvalue weighted by Gasteiger charge is 2.14. The number of hydrogen-bond acceptors (Lipinski definition) is 4. The van der Waals surface area contributed by atoms with E-state index >= 15 is 0 Å². The van der Waals surface area contributed by atoms with Crippen molar-refractivity contribution in [3.8, 4) is 11.1 Å². The van der Waals surface area contributed by atoms with Crippen molar-refractivity contribution in [3.05, 3.63) is 48.5 Å². The van der Waals surface area contributed by atoms with Crippen molar-refractivity contribution in [2.24, 2.45) is 0 Å². The highest BCUT2D eigenvalue weighted by molar-refractivity contribution is 5.99. The largest absolute Gasteiger partial charge is 0.469 e. The second-order valence-electron chi connectivity index (χ2n) is 4.95. The van der Waals surface area contributed by atoms with Gasteiger partial charge in [0.15, 0.2) is 5.78 Å². The first-order chi connectivity index (χ1) is 10.7. The first-order valence-corrected chi connectivity index (χ1v) is 6.94. The van der Waals surface area contributed by atoms with Gasteiger partial charge < -0.3 is 14.1 Å². The van der Waals surface area contributed by atoms with E-state index in [0.29, 0.717) is 5.69 Å². The molecule has 0 bridgehead atoms. The molecule has 0 fully saturated rings. The molecule has 112 valence electrons. The van der Waals surface area contributed by atoms with Crippen molar-refractivity contribution < 1.29 is 18.7 Å². The number of H-pyrrole nitrogens is 1. The van der Waals surface area contributed by atoms with Crippen molar-refractivity contribution in [1.29, 1.82) is 0 Å². The first kappa shape index (κ1) is 14.1. The Morgan fingerprint density at radius 2 is 2.05 bits per heavy atom. The second-order valence-corrected chi connectivity index (χ2v) is 4.95. The molecule has 0 aliphatic heterocycles. The molecule has 0 unspecified atom stereocenters. The molecule has 3 aromatic rings. The Morgan fingerprint density at radius 3 is 2.86 bits per heavy atom. The van der Waals surface area contributed by atoms with Gasteiger partial charge in [-0.3, -0.25) is 9.59 Å². The van der Waals surface area contributed by atoms with Gasteiger partial charge in [-0.15, -0.1) is 0 Å². The first-order valence-electron chi connectivity index (χ1n) is 6.94. The zero-order valence-electron chi connectivity index (χ0n) is 12.1. The lowest BCUT2D eigenvalue weighted by Crippen LogP contribution is -2.06. The summed E-state index contributed by atoms with van der Waals surface area (Å²) in [4.78, 5) is 26.1. The average Bonchev–Trinajstić information content (AvgIpc) is 3.18. The number of para-hydroxylation sites is 1. The number of Topliss-reactive ketones (excluding diaryl/α,β-unsaturated/α-hetero) is 1. The van der Waals surface area contributed by atoms with Crippen LogP contribution in [0.1, 0.15) is 23.3 Å². The average molecular weight is 297 g/mol. The van der Waals surface area contributed by atoms with Gasteiger partial charge in [-0.2, -0.15) is 0 Å². The lowest BCUT2D eigenvalue weighted by Gasteiger charge is -1.97. The van der Waals surface area contributed by atoms with E-state index in [1.165, 1.54) is 7.11 Å². The van der Waals surface area contributed by atoms with Crippen LogP contribution >= 0.6 is 0 Å². The van der Waals surface area contributed by atoms with Gasteiger partial charge in [0.05, 0.1) is 25.5 Å². The minimum absolute atomic E-state index is 0.0817. The number of carbonyl (C=O) groups excluding carboxylic acids is 2. The molecule has 0 atom stereocenters. The molecule has 1 aromatic carbocycles. The fourth-order valence-corrected chi connectivity index (χ4v) is 2.36. The van der Waals surface area contributed by atoms with E-state index in [2.05, 4.69) is 9.72 Å². The molecule has 0 amide bonds. The number of benzene rings is 1. The van der Waals surface area contributed by atoms with Crippen molar-refractivity contribution in [1.82, 2.24) is 4.98 Å². The van der Waals surface area contributed by atoms with Crippen LogP contribution in [0.25, 0.3) is 22.1 Å². The Hall–Kier alpha value is -2.82. The van der Waals surface area contributed by atoms with Crippen LogP contribution in [0.3, 0.4) is 0 Å². The van der Waals surface area contributed by atoms with Gasteiger partial charge in [-0.25, -0.2) is 0 Å². The maximum Gasteiger partial charge on any atom is 0.305 e. The maximum atomic E-state index is 12.0. The molecule has 5 nitrogen and oxygen atoms in total. The summed E-state index contributed by atoms with van der Waals surface area (Å²) in [7, 11) is 1.31. The molecule has 0 saturated heterocycles. The molecule has 3 rings (SSSR count). The quantitative estimate of drug-likeness (QED) is 0.577. The fourth-order valence-electron chi connectivity index (χ4n) is 2.36. The van der Waals surface area contributed by atoms with Gasteiger partial charge in [0.2, 0.25) is 0 Å². The summed E-state index contributed by atoms with van der Waals surface area (Å²) in [6, 6.07) is 9.50. The molecular weight excluding hydrogens is 282 g/mol. The zero-order chi connectivity index (χ0) is 15.5.